The lowest BCUT2D eigenvalue weighted by Crippen LogP contribution is -2.64. The van der Waals surface area contributed by atoms with Gasteiger partial charge in [-0.2, -0.15) is 0 Å². The molecule has 0 radical (unpaired) electrons. The molecular formula is C91H98F4N18O28S2. The molecule has 760 valence electrons. The third-order valence-electron chi connectivity index (χ3n) is 24.7. The van der Waals surface area contributed by atoms with Crippen molar-refractivity contribution in [1.82, 2.24) is 85.6 Å². The summed E-state index contributed by atoms with van der Waals surface area (Å²) in [6.45, 7) is -3.86. The SMILES string of the molecule is CO[C@H]1O[C@H](CO)[C@H](O)[C@H](O)[C@H]1NC(=O)Cn1nnc2c1-c1ccccc1CN(C(=O)CCNC(=O)CCC(=O)OC[C@H]1O[C@@H](S[C@@H]3O[C@H](COC(=O)CCC(=O)O)[C@H](O)[C@H](n4cc(-c5cccc(F)c5)nn4)[C@H]3O)[C@H](O)[C@@H](n3cc(-c4cccc(F)c4)nn3)[C@H]1O)c1ccccc1-2.OC[C@H]1O[C@@H](S[C@@H]2O[C@H](CO)[C@H](O)[C@H](n3cc(-c4cccc(F)c4)nn3)[C@H]2O)[C@H](O)[C@@H](n2cc(-c3cccc(F)c3)nn2)[C@H]1O. The smallest absolute Gasteiger partial charge is 0.306 e. The number of carbonyl (C=O) groups is 6. The number of benzene rings is 6. The number of nitrogens with zero attached hydrogens (tertiary/aromatic N) is 16. The Balaban J connectivity index is 0.000000270. The van der Waals surface area contributed by atoms with Gasteiger partial charge < -0.3 is 125 Å². The summed E-state index contributed by atoms with van der Waals surface area (Å²) in [5.74, 6) is -7.06. The number of carboxylic acids is 1. The summed E-state index contributed by atoms with van der Waals surface area (Å²) in [4.78, 5) is 80.2. The van der Waals surface area contributed by atoms with Crippen LogP contribution in [0.3, 0.4) is 0 Å². The number of aromatic nitrogens is 15. The van der Waals surface area contributed by atoms with E-state index in [1.54, 1.807) is 72.8 Å². The fourth-order valence-corrected chi connectivity index (χ4v) is 20.1. The third-order valence-corrected chi connectivity index (χ3v) is 27.3. The molecule has 3 amide bonds. The molecule has 16 N–H and O–H groups in total. The van der Waals surface area contributed by atoms with Crippen LogP contribution in [0.15, 0.2) is 170 Å². The molecule has 11 aromatic rings. The molecule has 0 bridgehead atoms. The van der Waals surface area contributed by atoms with Gasteiger partial charge in [0, 0.05) is 59.9 Å². The molecule has 17 rings (SSSR count). The first-order valence-corrected chi connectivity index (χ1v) is 46.7. The molecule has 11 heterocycles. The summed E-state index contributed by atoms with van der Waals surface area (Å²) in [6.07, 6.45) is -20.6. The molecular weight excluding hydrogens is 1930 g/mol. The number of amides is 3. The Bertz CT molecular complexity index is 6180. The summed E-state index contributed by atoms with van der Waals surface area (Å²) in [5.41, 5.74) is -0.512. The zero-order chi connectivity index (χ0) is 101. The van der Waals surface area contributed by atoms with E-state index < -0.39 is 274 Å². The van der Waals surface area contributed by atoms with Crippen LogP contribution in [-0.4, -0.2) is 354 Å². The predicted molar refractivity (Wildman–Crippen MR) is 484 cm³/mol. The average molecular weight is 2030 g/mol. The zero-order valence-corrected chi connectivity index (χ0v) is 76.9. The van der Waals surface area contributed by atoms with Gasteiger partial charge in [-0.05, 0) is 60.2 Å². The van der Waals surface area contributed by atoms with E-state index in [-0.39, 0.29) is 53.4 Å². The van der Waals surface area contributed by atoms with E-state index in [0.29, 0.717) is 56.7 Å². The number of hydrogen-bond donors (Lipinski definition) is 16. The maximum Gasteiger partial charge on any atom is 0.306 e. The molecule has 0 aliphatic carbocycles. The minimum atomic E-state index is -1.79. The second kappa shape index (κ2) is 46.0. The number of rotatable bonds is 32. The number of carboxylic acid groups (broad SMARTS) is 1. The first-order valence-electron chi connectivity index (χ1n) is 44.8. The quantitative estimate of drug-likeness (QED) is 0.0196. The number of ether oxygens (including phenoxy) is 8. The normalized spacial score (nSPS) is 27.9. The van der Waals surface area contributed by atoms with Gasteiger partial charge in [-0.15, -0.1) is 25.5 Å². The van der Waals surface area contributed by atoms with E-state index in [1.807, 2.05) is 0 Å². The summed E-state index contributed by atoms with van der Waals surface area (Å²) < 4.78 is 108. The van der Waals surface area contributed by atoms with E-state index >= 15 is 0 Å². The first-order chi connectivity index (χ1) is 68.8. The van der Waals surface area contributed by atoms with Crippen molar-refractivity contribution < 1.29 is 156 Å². The molecule has 46 nitrogen and oxygen atoms in total. The zero-order valence-electron chi connectivity index (χ0n) is 75.3. The highest BCUT2D eigenvalue weighted by molar-refractivity contribution is 8.00. The highest BCUT2D eigenvalue weighted by atomic mass is 32.2. The van der Waals surface area contributed by atoms with Gasteiger partial charge in [0.2, 0.25) is 17.7 Å². The molecule has 5 fully saturated rings. The number of aliphatic hydroxyl groups excluding tert-OH is 13. The number of fused-ring (bicyclic) bond motifs is 5. The Morgan fingerprint density at radius 3 is 1.23 bits per heavy atom. The van der Waals surface area contributed by atoms with Gasteiger partial charge in [-0.1, -0.05) is 141 Å². The Morgan fingerprint density at radius 2 is 0.818 bits per heavy atom. The molecule has 0 spiro atoms. The van der Waals surface area contributed by atoms with Crippen molar-refractivity contribution in [3.05, 3.63) is 199 Å². The molecule has 143 heavy (non-hydrogen) atoms. The number of thioether (sulfide) groups is 2. The first kappa shape index (κ1) is 103. The van der Waals surface area contributed by atoms with E-state index in [9.17, 15) is 113 Å². The van der Waals surface area contributed by atoms with Gasteiger partial charge >= 0.3 is 17.9 Å². The molecule has 0 unspecified atom stereocenters. The Kier molecular flexibility index (Phi) is 33.3. The summed E-state index contributed by atoms with van der Waals surface area (Å²) >= 11 is 1.42. The number of carbonyl (C=O) groups excluding carboxylic acids is 5. The van der Waals surface area contributed by atoms with Gasteiger partial charge in [0.25, 0.3) is 0 Å². The fourth-order valence-electron chi connectivity index (χ4n) is 17.4. The Labute approximate surface area is 815 Å². The molecule has 25 atom stereocenters. The van der Waals surface area contributed by atoms with Crippen molar-refractivity contribution >= 4 is 64.8 Å². The van der Waals surface area contributed by atoms with Crippen LogP contribution in [0.4, 0.5) is 23.2 Å². The third kappa shape index (κ3) is 23.3. The summed E-state index contributed by atoms with van der Waals surface area (Å²) in [7, 11) is 1.28. The largest absolute Gasteiger partial charge is 0.481 e. The van der Waals surface area contributed by atoms with Crippen LogP contribution >= 0.6 is 23.5 Å². The number of anilines is 1. The highest BCUT2D eigenvalue weighted by Gasteiger charge is 2.56. The summed E-state index contributed by atoms with van der Waals surface area (Å²) in [6, 6.07) is 29.4. The molecule has 6 aliphatic heterocycles. The Morgan fingerprint density at radius 1 is 0.427 bits per heavy atom. The Hall–Kier alpha value is -12.5. The monoisotopic (exact) mass is 2030 g/mol. The maximum absolute atomic E-state index is 14.4. The van der Waals surface area contributed by atoms with Gasteiger partial charge in [0.15, 0.2) is 6.29 Å². The van der Waals surface area contributed by atoms with Crippen LogP contribution in [0.1, 0.15) is 61.8 Å². The van der Waals surface area contributed by atoms with Crippen molar-refractivity contribution in [3.63, 3.8) is 0 Å². The van der Waals surface area contributed by atoms with Crippen LogP contribution in [0, 0.1) is 23.3 Å². The van der Waals surface area contributed by atoms with E-state index in [4.69, 9.17) is 43.0 Å². The fraction of sp³-hybridized carbons (Fsp3) is 0.429. The van der Waals surface area contributed by atoms with Crippen molar-refractivity contribution in [1.29, 1.82) is 0 Å². The maximum atomic E-state index is 14.4. The second-order valence-corrected chi connectivity index (χ2v) is 36.5. The summed E-state index contributed by atoms with van der Waals surface area (Å²) in [5, 5.41) is 199. The molecule has 5 aromatic heterocycles. The number of halogens is 4. The molecule has 6 aromatic carbocycles. The van der Waals surface area contributed by atoms with Crippen LogP contribution < -0.4 is 15.5 Å². The minimum Gasteiger partial charge on any atom is -0.481 e. The number of hydrogen-bond acceptors (Lipinski definition) is 39. The standard InChI is InChI=1S/C63H68F2N12O20S.C28H30F2N6O8S/c1-92-61-51(58(89)57(88)41(28-78)95-61)67-45(80)27-77-52-36-13-3-2-8-33(36)24-74(40-15-5-4-14-37(40)50(52)70-73-77)46(81)20-21-66-44(79)16-18-48(84)93-29-42-55(86)53(75-25-38(68-71-75)31-9-6-11-34(64)22-31)59(90)62(96-42)98-63-60(91)54(56(87)43(97-63)30-94-49(85)19-17-47(82)83)76-26-39(69-72-76)32-10-7-12-35(65)23-32;29-15-5-1-3-13(7-15)17-9-35(33-31-17)21-23(39)19(11-37)43-27(25(21)41)45-28-26(42)22(24(40)20(12-38)44-28)36-10-18(32-34-36)14-4-2-6-16(30)8-14/h2-15,22-23,25-26,41-43,51,53-63,78,86-91H,16-21,24,27-30H2,1H3,(H,66,79)(H,67,80)(H,82,83);1-10,19-28,37-42H,11-12H2/t41-,42-,43-,51-,53+,54+,55+,56+,57+,58-,59-,60-,61+,62+,63+;19-,20-,21+,22+,23+,24+,25-,26-,27+,28+/m11/s1. The van der Waals surface area contributed by atoms with Crippen LogP contribution in [0.2, 0.25) is 0 Å². The topological polar surface area (TPSA) is 640 Å². The molecule has 52 heteroatoms. The highest BCUT2D eigenvalue weighted by Crippen LogP contribution is 2.47. The molecule has 5 saturated heterocycles. The van der Waals surface area contributed by atoms with E-state index in [1.165, 1.54) is 124 Å². The van der Waals surface area contributed by atoms with Crippen LogP contribution in [0.25, 0.3) is 67.5 Å². The van der Waals surface area contributed by atoms with Gasteiger partial charge in [0.05, 0.1) is 81.8 Å². The number of methoxy groups -OCH3 is 1. The van der Waals surface area contributed by atoms with Crippen molar-refractivity contribution in [2.75, 3.05) is 51.6 Å². The van der Waals surface area contributed by atoms with Crippen molar-refractivity contribution in [2.24, 2.45) is 0 Å². The molecule has 6 aliphatic rings. The average Bonchev–Trinajstić information content (AvgIpc) is 1.62. The van der Waals surface area contributed by atoms with Crippen molar-refractivity contribution in [2.45, 2.75) is 195 Å². The predicted octanol–water partition coefficient (Wildman–Crippen LogP) is 0.0464. The van der Waals surface area contributed by atoms with Gasteiger partial charge in [-0.3, -0.25) is 28.8 Å². The van der Waals surface area contributed by atoms with E-state index in [2.05, 4.69) is 62.2 Å². The lowest BCUT2D eigenvalue weighted by Gasteiger charge is -2.46. The number of para-hydroxylation sites is 1. The van der Waals surface area contributed by atoms with Crippen LogP contribution in [-0.2, 0) is 79.8 Å². The van der Waals surface area contributed by atoms with Gasteiger partial charge in [0.1, 0.15) is 215 Å². The van der Waals surface area contributed by atoms with Crippen molar-refractivity contribution in [3.8, 4) is 67.5 Å². The second-order valence-electron chi connectivity index (χ2n) is 34.1. The van der Waals surface area contributed by atoms with Gasteiger partial charge in [-0.25, -0.2) is 41.0 Å². The number of esters is 2. The molecule has 0 saturated carbocycles. The number of nitrogens with one attached hydrogen (secondary N) is 2. The number of aliphatic hydroxyl groups is 13. The van der Waals surface area contributed by atoms with Crippen LogP contribution in [0.5, 0.6) is 0 Å². The number of aliphatic carboxylic acids is 1. The lowest BCUT2D eigenvalue weighted by molar-refractivity contribution is -0.262. The lowest BCUT2D eigenvalue weighted by atomic mass is 9.95. The minimum absolute atomic E-state index is 0.0188. The van der Waals surface area contributed by atoms with E-state index in [0.717, 1.165) is 21.1 Å².